The lowest BCUT2D eigenvalue weighted by Crippen LogP contribution is -2.33. The van der Waals surface area contributed by atoms with Crippen molar-refractivity contribution < 1.29 is 0 Å². The Morgan fingerprint density at radius 1 is 1.29 bits per heavy atom. The molecule has 5 atom stereocenters. The van der Waals surface area contributed by atoms with Gasteiger partial charge in [0.2, 0.25) is 0 Å². The molecule has 2 bridgehead atoms. The van der Waals surface area contributed by atoms with E-state index in [0.717, 1.165) is 16.9 Å². The molecule has 0 unspecified atom stereocenters. The van der Waals surface area contributed by atoms with Crippen molar-refractivity contribution in [1.82, 2.24) is 9.97 Å². The summed E-state index contributed by atoms with van der Waals surface area (Å²) in [7, 11) is 0. The van der Waals surface area contributed by atoms with E-state index in [1.165, 1.54) is 41.0 Å². The zero-order chi connectivity index (χ0) is 14.0. The summed E-state index contributed by atoms with van der Waals surface area (Å²) in [5, 5.41) is 1.82. The first-order valence-corrected chi connectivity index (χ1v) is 9.30. The van der Waals surface area contributed by atoms with Gasteiger partial charge in [0.1, 0.15) is 0 Å². The molecule has 0 spiro atoms. The molecule has 0 aromatic carbocycles. The fourth-order valence-electron chi connectivity index (χ4n) is 4.78. The first-order valence-electron chi connectivity index (χ1n) is 7.61. The summed E-state index contributed by atoms with van der Waals surface area (Å²) < 4.78 is 0. The molecule has 1 N–H and O–H groups in total. The van der Waals surface area contributed by atoms with Gasteiger partial charge in [0, 0.05) is 28.4 Å². The van der Waals surface area contributed by atoms with Crippen molar-refractivity contribution in [2.24, 2.45) is 17.8 Å². The highest BCUT2D eigenvalue weighted by Crippen LogP contribution is 2.63. The molecule has 2 aliphatic carbocycles. The number of hydrogen-bond donors (Lipinski definition) is 1. The molecule has 3 nitrogen and oxygen atoms in total. The Bertz CT molecular complexity index is 738. The van der Waals surface area contributed by atoms with Crippen LogP contribution in [-0.2, 0) is 0 Å². The third-order valence-electron chi connectivity index (χ3n) is 5.51. The van der Waals surface area contributed by atoms with Gasteiger partial charge in [-0.2, -0.15) is 0 Å². The molecule has 2 aromatic rings. The van der Waals surface area contributed by atoms with Crippen molar-refractivity contribution in [3.8, 4) is 0 Å². The molecule has 3 aliphatic rings. The SMILES string of the molecule is O=c1[nH]c2c(s1)[C@H](c1cccnc1)[C@H]1[C@H]3CC[C@@H](C3)[C@@H]1S2. The summed E-state index contributed by atoms with van der Waals surface area (Å²) in [4.78, 5) is 20.6. The van der Waals surface area contributed by atoms with Gasteiger partial charge in [-0.1, -0.05) is 17.4 Å². The van der Waals surface area contributed by atoms with Crippen LogP contribution in [0.3, 0.4) is 0 Å². The Kier molecular flexibility index (Phi) is 2.65. The lowest BCUT2D eigenvalue weighted by atomic mass is 9.75. The predicted octanol–water partition coefficient (Wildman–Crippen LogP) is 3.48. The summed E-state index contributed by atoms with van der Waals surface area (Å²) in [5.41, 5.74) is 1.29. The second-order valence-corrected chi connectivity index (χ2v) is 8.67. The van der Waals surface area contributed by atoms with Crippen LogP contribution in [0.25, 0.3) is 0 Å². The van der Waals surface area contributed by atoms with E-state index >= 15 is 0 Å². The van der Waals surface area contributed by atoms with Crippen molar-refractivity contribution in [3.63, 3.8) is 0 Å². The van der Waals surface area contributed by atoms with Crippen LogP contribution in [0, 0.1) is 17.8 Å². The number of nitrogens with one attached hydrogen (secondary N) is 1. The van der Waals surface area contributed by atoms with E-state index in [4.69, 9.17) is 0 Å². The summed E-state index contributed by atoms with van der Waals surface area (Å²) in [5.74, 6) is 2.75. The predicted molar refractivity (Wildman–Crippen MR) is 85.0 cm³/mol. The second-order valence-electron chi connectivity index (χ2n) is 6.46. The van der Waals surface area contributed by atoms with Gasteiger partial charge in [0.05, 0.1) is 5.03 Å². The summed E-state index contributed by atoms with van der Waals surface area (Å²) in [6.07, 6.45) is 7.97. The fourth-order valence-corrected chi connectivity index (χ4v) is 7.68. The van der Waals surface area contributed by atoms with Crippen LogP contribution in [0.2, 0.25) is 0 Å². The fraction of sp³-hybridized carbons (Fsp3) is 0.500. The van der Waals surface area contributed by atoms with Gasteiger partial charge in [0.15, 0.2) is 0 Å². The minimum absolute atomic E-state index is 0.0914. The number of fused-ring (bicyclic) bond motifs is 6. The highest BCUT2D eigenvalue weighted by Gasteiger charge is 2.54. The molecule has 1 aliphatic heterocycles. The van der Waals surface area contributed by atoms with Gasteiger partial charge >= 0.3 is 4.87 Å². The smallest absolute Gasteiger partial charge is 0.305 e. The van der Waals surface area contributed by atoms with E-state index in [-0.39, 0.29) is 4.87 Å². The van der Waals surface area contributed by atoms with Gasteiger partial charge in [-0.15, -0.1) is 11.8 Å². The molecule has 2 aromatic heterocycles. The first-order chi connectivity index (χ1) is 10.3. The maximum atomic E-state index is 11.9. The Morgan fingerprint density at radius 2 is 2.19 bits per heavy atom. The lowest BCUT2D eigenvalue weighted by molar-refractivity contribution is 0.307. The summed E-state index contributed by atoms with van der Waals surface area (Å²) in [6.45, 7) is 0. The van der Waals surface area contributed by atoms with E-state index in [1.54, 1.807) is 0 Å². The quantitative estimate of drug-likeness (QED) is 0.876. The van der Waals surface area contributed by atoms with Crippen LogP contribution in [0.15, 0.2) is 34.3 Å². The zero-order valence-electron chi connectivity index (χ0n) is 11.5. The van der Waals surface area contributed by atoms with Crippen LogP contribution in [0.1, 0.15) is 35.6 Å². The standard InChI is InChI=1S/C16H16N2OS2/c19-16-18-15-14(21-16)12(10-2-1-5-17-7-10)11-8-3-4-9(6-8)13(11)20-15/h1-2,5,7-9,11-13H,3-4,6H2,(H,18,19)/t8-,9-,11+,12+,13-/m0/s1. The van der Waals surface area contributed by atoms with Crippen LogP contribution < -0.4 is 4.87 Å². The third kappa shape index (κ3) is 1.73. The number of H-pyrrole nitrogens is 1. The summed E-state index contributed by atoms with van der Waals surface area (Å²) >= 11 is 3.35. The van der Waals surface area contributed by atoms with Crippen LogP contribution >= 0.6 is 23.1 Å². The summed E-state index contributed by atoms with van der Waals surface area (Å²) in [6, 6.07) is 4.21. The average molecular weight is 316 g/mol. The molecular weight excluding hydrogens is 300 g/mol. The van der Waals surface area contributed by atoms with Crippen LogP contribution in [-0.4, -0.2) is 15.2 Å². The van der Waals surface area contributed by atoms with Gasteiger partial charge in [0.25, 0.3) is 0 Å². The molecule has 108 valence electrons. The van der Waals surface area contributed by atoms with E-state index in [9.17, 15) is 4.79 Å². The molecular formula is C16H16N2OS2. The molecule has 0 amide bonds. The molecule has 2 saturated carbocycles. The minimum Gasteiger partial charge on any atom is -0.307 e. The number of thioether (sulfide) groups is 1. The van der Waals surface area contributed by atoms with Gasteiger partial charge < -0.3 is 4.98 Å². The van der Waals surface area contributed by atoms with Crippen molar-refractivity contribution in [3.05, 3.63) is 44.6 Å². The van der Waals surface area contributed by atoms with E-state index in [1.807, 2.05) is 30.2 Å². The van der Waals surface area contributed by atoms with Gasteiger partial charge in [-0.3, -0.25) is 9.78 Å². The van der Waals surface area contributed by atoms with Crippen LogP contribution in [0.5, 0.6) is 0 Å². The molecule has 21 heavy (non-hydrogen) atoms. The molecule has 2 fully saturated rings. The Labute approximate surface area is 131 Å². The number of rotatable bonds is 1. The average Bonchev–Trinajstić information content (AvgIpc) is 3.18. The zero-order valence-corrected chi connectivity index (χ0v) is 13.1. The number of pyridine rings is 1. The molecule has 5 rings (SSSR count). The van der Waals surface area contributed by atoms with Gasteiger partial charge in [-0.25, -0.2) is 0 Å². The lowest BCUT2D eigenvalue weighted by Gasteiger charge is -2.40. The Balaban J connectivity index is 1.70. The number of hydrogen-bond acceptors (Lipinski definition) is 4. The van der Waals surface area contributed by atoms with E-state index in [0.29, 0.717) is 17.1 Å². The monoisotopic (exact) mass is 316 g/mol. The van der Waals surface area contributed by atoms with Crippen LogP contribution in [0.4, 0.5) is 0 Å². The maximum absolute atomic E-state index is 11.9. The molecule has 0 radical (unpaired) electrons. The molecule has 3 heterocycles. The third-order valence-corrected chi connectivity index (χ3v) is 8.13. The van der Waals surface area contributed by atoms with Gasteiger partial charge in [-0.05, 0) is 48.6 Å². The number of aromatic nitrogens is 2. The largest absolute Gasteiger partial charge is 0.307 e. The first kappa shape index (κ1) is 12.5. The highest BCUT2D eigenvalue weighted by atomic mass is 32.2. The van der Waals surface area contributed by atoms with Crippen molar-refractivity contribution in [2.75, 3.05) is 0 Å². The van der Waals surface area contributed by atoms with Crippen molar-refractivity contribution in [1.29, 1.82) is 0 Å². The second kappa shape index (κ2) is 4.46. The molecule has 0 saturated heterocycles. The number of aromatic amines is 1. The minimum atomic E-state index is 0.0914. The number of nitrogens with zero attached hydrogens (tertiary/aromatic N) is 1. The topological polar surface area (TPSA) is 45.8 Å². The Morgan fingerprint density at radius 3 is 3.05 bits per heavy atom. The van der Waals surface area contributed by atoms with E-state index < -0.39 is 0 Å². The maximum Gasteiger partial charge on any atom is 0.305 e. The number of thiazole rings is 1. The molecule has 5 heteroatoms. The highest BCUT2D eigenvalue weighted by molar-refractivity contribution is 8.00. The van der Waals surface area contributed by atoms with E-state index in [2.05, 4.69) is 16.0 Å². The normalized spacial score (nSPS) is 36.5. The van der Waals surface area contributed by atoms with Crippen molar-refractivity contribution >= 4 is 23.1 Å². The Hall–Kier alpha value is -1.07. The van der Waals surface area contributed by atoms with Crippen molar-refractivity contribution in [2.45, 2.75) is 35.5 Å².